The Balaban J connectivity index is 1.56. The quantitative estimate of drug-likeness (QED) is 0.688. The first kappa shape index (κ1) is 15.6. The van der Waals surface area contributed by atoms with Gasteiger partial charge in [-0.1, -0.05) is 0 Å². The van der Waals surface area contributed by atoms with Crippen LogP contribution in [0.25, 0.3) is 0 Å². The summed E-state index contributed by atoms with van der Waals surface area (Å²) in [7, 11) is 0. The van der Waals surface area contributed by atoms with Crippen molar-refractivity contribution in [3.63, 3.8) is 0 Å². The van der Waals surface area contributed by atoms with Crippen LogP contribution in [0.4, 0.5) is 5.82 Å². The molecule has 0 saturated carbocycles. The van der Waals surface area contributed by atoms with E-state index in [0.717, 1.165) is 63.1 Å². The Morgan fingerprint density at radius 2 is 1.95 bits per heavy atom. The fourth-order valence-corrected chi connectivity index (χ4v) is 3.08. The molecular weight excluding hydrogens is 282 g/mol. The SMILES string of the molecule is Cc1nc2c(c(N3CCN(CCOCCO)CC3)n1)CNC2. The lowest BCUT2D eigenvalue weighted by atomic mass is 10.2. The number of aromatic nitrogens is 2. The maximum Gasteiger partial charge on any atom is 0.137 e. The molecule has 0 unspecified atom stereocenters. The molecule has 7 heteroatoms. The van der Waals surface area contributed by atoms with Crippen molar-refractivity contribution in [2.75, 3.05) is 57.4 Å². The third-order valence-electron chi connectivity index (χ3n) is 4.24. The van der Waals surface area contributed by atoms with Gasteiger partial charge in [0.1, 0.15) is 11.6 Å². The molecule has 0 spiro atoms. The smallest absolute Gasteiger partial charge is 0.137 e. The minimum absolute atomic E-state index is 0.0972. The largest absolute Gasteiger partial charge is 0.394 e. The Morgan fingerprint density at radius 3 is 2.73 bits per heavy atom. The zero-order chi connectivity index (χ0) is 15.4. The molecule has 1 saturated heterocycles. The van der Waals surface area contributed by atoms with Crippen LogP contribution in [0.3, 0.4) is 0 Å². The molecular formula is C15H25N5O2. The van der Waals surface area contributed by atoms with Crippen molar-refractivity contribution < 1.29 is 9.84 Å². The summed E-state index contributed by atoms with van der Waals surface area (Å²) >= 11 is 0. The Hall–Kier alpha value is -1.28. The maximum absolute atomic E-state index is 8.70. The van der Waals surface area contributed by atoms with Crippen molar-refractivity contribution in [1.82, 2.24) is 20.2 Å². The number of anilines is 1. The van der Waals surface area contributed by atoms with E-state index in [2.05, 4.69) is 25.1 Å². The van der Waals surface area contributed by atoms with Gasteiger partial charge in [-0.2, -0.15) is 0 Å². The molecule has 122 valence electrons. The number of aliphatic hydroxyl groups is 1. The van der Waals surface area contributed by atoms with Crippen LogP contribution in [0.2, 0.25) is 0 Å². The molecule has 1 aromatic heterocycles. The average molecular weight is 307 g/mol. The molecule has 0 amide bonds. The molecule has 0 bridgehead atoms. The van der Waals surface area contributed by atoms with Crippen molar-refractivity contribution in [3.05, 3.63) is 17.1 Å². The van der Waals surface area contributed by atoms with E-state index < -0.39 is 0 Å². The second-order valence-electron chi connectivity index (χ2n) is 5.79. The number of piperazine rings is 1. The number of hydrogen-bond acceptors (Lipinski definition) is 7. The van der Waals surface area contributed by atoms with Crippen LogP contribution in [-0.2, 0) is 17.8 Å². The fourth-order valence-electron chi connectivity index (χ4n) is 3.08. The van der Waals surface area contributed by atoms with E-state index >= 15 is 0 Å². The normalized spacial score (nSPS) is 18.7. The molecule has 2 aliphatic rings. The van der Waals surface area contributed by atoms with E-state index in [1.54, 1.807) is 0 Å². The summed E-state index contributed by atoms with van der Waals surface area (Å²) in [5, 5.41) is 12.1. The van der Waals surface area contributed by atoms with Gasteiger partial charge in [-0.05, 0) is 6.92 Å². The summed E-state index contributed by atoms with van der Waals surface area (Å²) in [5.41, 5.74) is 2.42. The van der Waals surface area contributed by atoms with Gasteiger partial charge >= 0.3 is 0 Å². The topological polar surface area (TPSA) is 73.8 Å². The molecule has 0 radical (unpaired) electrons. The first-order valence-electron chi connectivity index (χ1n) is 8.01. The molecule has 3 rings (SSSR count). The zero-order valence-corrected chi connectivity index (χ0v) is 13.2. The summed E-state index contributed by atoms with van der Waals surface area (Å²) in [4.78, 5) is 14.0. The summed E-state index contributed by atoms with van der Waals surface area (Å²) in [6, 6.07) is 0. The van der Waals surface area contributed by atoms with Gasteiger partial charge < -0.3 is 20.1 Å². The van der Waals surface area contributed by atoms with Gasteiger partial charge in [-0.25, -0.2) is 9.97 Å². The molecule has 1 aromatic rings. The summed E-state index contributed by atoms with van der Waals surface area (Å²) in [6.45, 7) is 9.86. The molecule has 7 nitrogen and oxygen atoms in total. The predicted octanol–water partition coefficient (Wildman–Crippen LogP) is -0.481. The Morgan fingerprint density at radius 1 is 1.14 bits per heavy atom. The fraction of sp³-hybridized carbons (Fsp3) is 0.733. The van der Waals surface area contributed by atoms with Crippen LogP contribution in [0.15, 0.2) is 0 Å². The highest BCUT2D eigenvalue weighted by atomic mass is 16.5. The first-order valence-corrected chi connectivity index (χ1v) is 8.01. The number of rotatable bonds is 6. The molecule has 0 atom stereocenters. The van der Waals surface area contributed by atoms with Crippen LogP contribution in [0.1, 0.15) is 17.1 Å². The van der Waals surface area contributed by atoms with Crippen LogP contribution in [0, 0.1) is 6.92 Å². The van der Waals surface area contributed by atoms with Crippen molar-refractivity contribution >= 4 is 5.82 Å². The summed E-state index contributed by atoms with van der Waals surface area (Å²) in [6.07, 6.45) is 0. The zero-order valence-electron chi connectivity index (χ0n) is 13.2. The number of nitrogens with one attached hydrogen (secondary N) is 1. The van der Waals surface area contributed by atoms with Gasteiger partial charge in [0.25, 0.3) is 0 Å². The molecule has 0 aliphatic carbocycles. The van der Waals surface area contributed by atoms with Crippen LogP contribution >= 0.6 is 0 Å². The lowest BCUT2D eigenvalue weighted by Crippen LogP contribution is -2.48. The van der Waals surface area contributed by atoms with Gasteiger partial charge in [0, 0.05) is 51.4 Å². The first-order chi connectivity index (χ1) is 10.8. The molecule has 1 fully saturated rings. The summed E-state index contributed by atoms with van der Waals surface area (Å²) in [5.74, 6) is 1.97. The minimum Gasteiger partial charge on any atom is -0.394 e. The third-order valence-corrected chi connectivity index (χ3v) is 4.24. The van der Waals surface area contributed by atoms with E-state index in [-0.39, 0.29) is 6.61 Å². The molecule has 0 aromatic carbocycles. The van der Waals surface area contributed by atoms with E-state index in [9.17, 15) is 0 Å². The molecule has 22 heavy (non-hydrogen) atoms. The number of hydrogen-bond donors (Lipinski definition) is 2. The van der Waals surface area contributed by atoms with Crippen molar-refractivity contribution in [1.29, 1.82) is 0 Å². The van der Waals surface area contributed by atoms with Crippen LogP contribution in [0.5, 0.6) is 0 Å². The van der Waals surface area contributed by atoms with Gasteiger partial charge in [0.15, 0.2) is 0 Å². The van der Waals surface area contributed by atoms with E-state index in [0.29, 0.717) is 13.2 Å². The lowest BCUT2D eigenvalue weighted by molar-refractivity contribution is 0.0724. The van der Waals surface area contributed by atoms with Gasteiger partial charge in [0.2, 0.25) is 0 Å². The van der Waals surface area contributed by atoms with Gasteiger partial charge in [-0.15, -0.1) is 0 Å². The monoisotopic (exact) mass is 307 g/mol. The standard InChI is InChI=1S/C15H25N5O2/c1-12-17-14-11-16-10-13(14)15(18-12)20-4-2-19(3-5-20)6-8-22-9-7-21/h16,21H,2-11H2,1H3. The molecule has 2 N–H and O–H groups in total. The minimum atomic E-state index is 0.0972. The maximum atomic E-state index is 8.70. The Kier molecular flexibility index (Phi) is 5.20. The number of aliphatic hydroxyl groups excluding tert-OH is 1. The number of fused-ring (bicyclic) bond motifs is 1. The highest BCUT2D eigenvalue weighted by Gasteiger charge is 2.24. The lowest BCUT2D eigenvalue weighted by Gasteiger charge is -2.36. The van der Waals surface area contributed by atoms with E-state index in [1.165, 1.54) is 5.56 Å². The molecule has 3 heterocycles. The van der Waals surface area contributed by atoms with Crippen LogP contribution < -0.4 is 10.2 Å². The summed E-state index contributed by atoms with van der Waals surface area (Å²) < 4.78 is 5.34. The van der Waals surface area contributed by atoms with E-state index in [4.69, 9.17) is 9.84 Å². The predicted molar refractivity (Wildman–Crippen MR) is 83.9 cm³/mol. The third kappa shape index (κ3) is 3.55. The average Bonchev–Trinajstić information content (AvgIpc) is 2.99. The second kappa shape index (κ2) is 7.32. The van der Waals surface area contributed by atoms with E-state index in [1.807, 2.05) is 6.92 Å². The van der Waals surface area contributed by atoms with Crippen molar-refractivity contribution in [2.24, 2.45) is 0 Å². The number of aryl methyl sites for hydroxylation is 1. The van der Waals surface area contributed by atoms with Gasteiger partial charge in [0.05, 0.1) is 25.5 Å². The highest BCUT2D eigenvalue weighted by Crippen LogP contribution is 2.25. The highest BCUT2D eigenvalue weighted by molar-refractivity contribution is 5.51. The number of ether oxygens (including phenoxy) is 1. The molecule has 2 aliphatic heterocycles. The van der Waals surface area contributed by atoms with Crippen LogP contribution in [-0.4, -0.2) is 72.5 Å². The second-order valence-corrected chi connectivity index (χ2v) is 5.79. The van der Waals surface area contributed by atoms with Crippen molar-refractivity contribution in [3.8, 4) is 0 Å². The van der Waals surface area contributed by atoms with Gasteiger partial charge in [-0.3, -0.25) is 4.90 Å². The number of nitrogens with zero attached hydrogens (tertiary/aromatic N) is 4. The van der Waals surface area contributed by atoms with Crippen molar-refractivity contribution in [2.45, 2.75) is 20.0 Å². The Bertz CT molecular complexity index is 503. The Labute approximate surface area is 131 Å².